The van der Waals surface area contributed by atoms with E-state index in [0.717, 1.165) is 12.0 Å². The van der Waals surface area contributed by atoms with Crippen LogP contribution < -0.4 is 10.6 Å². The minimum absolute atomic E-state index is 0.113. The highest BCUT2D eigenvalue weighted by molar-refractivity contribution is 6.04. The fraction of sp³-hybridized carbons (Fsp3) is 0.200. The Balaban J connectivity index is 1.37. The van der Waals surface area contributed by atoms with Gasteiger partial charge in [-0.1, -0.05) is 60.7 Å². The highest BCUT2D eigenvalue weighted by Crippen LogP contribution is 2.48. The molecule has 3 aromatic carbocycles. The van der Waals surface area contributed by atoms with Gasteiger partial charge in [0.15, 0.2) is 0 Å². The molecule has 1 aliphatic carbocycles. The van der Waals surface area contributed by atoms with Crippen molar-refractivity contribution in [3.8, 4) is 0 Å². The quantitative estimate of drug-likeness (QED) is 0.610. The van der Waals surface area contributed by atoms with Gasteiger partial charge in [-0.2, -0.15) is 0 Å². The zero-order chi connectivity index (χ0) is 20.9. The van der Waals surface area contributed by atoms with Crippen molar-refractivity contribution < 1.29 is 14.0 Å². The Morgan fingerprint density at radius 2 is 1.60 bits per heavy atom. The molecule has 2 amide bonds. The van der Waals surface area contributed by atoms with Crippen LogP contribution in [0.1, 0.15) is 33.8 Å². The Bertz CT molecular complexity index is 1050. The Morgan fingerprint density at radius 1 is 0.900 bits per heavy atom. The molecular weight excluding hydrogens is 379 g/mol. The van der Waals surface area contributed by atoms with Crippen LogP contribution in [-0.4, -0.2) is 18.4 Å². The molecule has 30 heavy (non-hydrogen) atoms. The zero-order valence-electron chi connectivity index (χ0n) is 16.5. The Morgan fingerprint density at radius 3 is 2.40 bits per heavy atom. The van der Waals surface area contributed by atoms with Gasteiger partial charge in [-0.05, 0) is 48.1 Å². The minimum Gasteiger partial charge on any atom is -0.352 e. The van der Waals surface area contributed by atoms with Crippen molar-refractivity contribution in [1.82, 2.24) is 5.32 Å². The lowest BCUT2D eigenvalue weighted by molar-refractivity contribution is -0.117. The monoisotopic (exact) mass is 402 g/mol. The lowest BCUT2D eigenvalue weighted by Crippen LogP contribution is -2.27. The predicted molar refractivity (Wildman–Crippen MR) is 115 cm³/mol. The van der Waals surface area contributed by atoms with Gasteiger partial charge in [-0.25, -0.2) is 4.39 Å². The number of para-hydroxylation sites is 1. The summed E-state index contributed by atoms with van der Waals surface area (Å²) in [5, 5.41) is 5.77. The van der Waals surface area contributed by atoms with Crippen LogP contribution in [0.2, 0.25) is 0 Å². The Labute approximate surface area is 175 Å². The Kier molecular flexibility index (Phi) is 5.89. The molecular formula is C25H23FN2O2. The van der Waals surface area contributed by atoms with Crippen molar-refractivity contribution in [1.29, 1.82) is 0 Å². The van der Waals surface area contributed by atoms with Crippen LogP contribution in [0.25, 0.3) is 0 Å². The minimum atomic E-state index is -0.281. The first-order valence-electron chi connectivity index (χ1n) is 10.1. The van der Waals surface area contributed by atoms with E-state index in [1.807, 2.05) is 30.3 Å². The number of carbonyl (C=O) groups excluding carboxylic acids is 2. The number of nitrogens with one attached hydrogen (secondary N) is 2. The van der Waals surface area contributed by atoms with Gasteiger partial charge < -0.3 is 10.6 Å². The predicted octanol–water partition coefficient (Wildman–Crippen LogP) is 4.54. The zero-order valence-corrected chi connectivity index (χ0v) is 16.5. The van der Waals surface area contributed by atoms with E-state index in [1.165, 1.54) is 6.07 Å². The van der Waals surface area contributed by atoms with E-state index < -0.39 is 0 Å². The molecule has 1 aliphatic rings. The first-order valence-corrected chi connectivity index (χ1v) is 10.1. The molecule has 0 radical (unpaired) electrons. The third-order valence-electron chi connectivity index (χ3n) is 5.40. The number of carbonyl (C=O) groups is 2. The van der Waals surface area contributed by atoms with Gasteiger partial charge in [0.1, 0.15) is 5.82 Å². The van der Waals surface area contributed by atoms with E-state index in [-0.39, 0.29) is 29.5 Å². The number of rotatable bonds is 7. The van der Waals surface area contributed by atoms with E-state index >= 15 is 0 Å². The van der Waals surface area contributed by atoms with Gasteiger partial charge >= 0.3 is 0 Å². The third kappa shape index (κ3) is 4.57. The summed E-state index contributed by atoms with van der Waals surface area (Å²) < 4.78 is 14.0. The van der Waals surface area contributed by atoms with Gasteiger partial charge in [-0.15, -0.1) is 0 Å². The van der Waals surface area contributed by atoms with Gasteiger partial charge in [0.2, 0.25) is 5.91 Å². The Hall–Kier alpha value is -3.47. The van der Waals surface area contributed by atoms with Crippen molar-refractivity contribution in [2.75, 3.05) is 11.9 Å². The first-order chi connectivity index (χ1) is 14.6. The van der Waals surface area contributed by atoms with Crippen LogP contribution >= 0.6 is 0 Å². The van der Waals surface area contributed by atoms with Crippen LogP contribution in [0.15, 0.2) is 78.9 Å². The highest BCUT2D eigenvalue weighted by Gasteiger charge is 2.45. The molecule has 0 saturated heterocycles. The number of hydrogen-bond donors (Lipinski definition) is 2. The summed E-state index contributed by atoms with van der Waals surface area (Å²) in [4.78, 5) is 25.3. The van der Waals surface area contributed by atoms with Crippen molar-refractivity contribution in [3.05, 3.63) is 101 Å². The molecule has 4 nitrogen and oxygen atoms in total. The summed E-state index contributed by atoms with van der Waals surface area (Å²) in [6.07, 6.45) is 1.34. The van der Waals surface area contributed by atoms with E-state index in [1.54, 1.807) is 42.5 Å². The van der Waals surface area contributed by atoms with E-state index in [4.69, 9.17) is 0 Å². The second kappa shape index (κ2) is 8.91. The summed E-state index contributed by atoms with van der Waals surface area (Å²) in [7, 11) is 0. The van der Waals surface area contributed by atoms with Crippen LogP contribution in [0.5, 0.6) is 0 Å². The second-order valence-corrected chi connectivity index (χ2v) is 7.50. The third-order valence-corrected chi connectivity index (χ3v) is 5.40. The topological polar surface area (TPSA) is 58.2 Å². The maximum Gasteiger partial charge on any atom is 0.253 e. The highest BCUT2D eigenvalue weighted by atomic mass is 19.1. The van der Waals surface area contributed by atoms with Crippen molar-refractivity contribution in [3.63, 3.8) is 0 Å². The van der Waals surface area contributed by atoms with Crippen LogP contribution in [-0.2, 0) is 11.2 Å². The molecule has 0 aromatic heterocycles. The van der Waals surface area contributed by atoms with Gasteiger partial charge in [0, 0.05) is 12.5 Å². The SMILES string of the molecule is O=C(NCCc1ccccc1)c1ccccc1NC(=O)C1CC1c1ccccc1F. The number of amides is 2. The van der Waals surface area contributed by atoms with Crippen molar-refractivity contribution >= 4 is 17.5 Å². The normalized spacial score (nSPS) is 17.2. The van der Waals surface area contributed by atoms with Crippen LogP contribution in [0.3, 0.4) is 0 Å². The molecule has 0 aliphatic heterocycles. The number of anilines is 1. The van der Waals surface area contributed by atoms with E-state index in [0.29, 0.717) is 29.8 Å². The number of hydrogen-bond acceptors (Lipinski definition) is 2. The average molecular weight is 402 g/mol. The molecule has 4 rings (SSSR count). The summed E-state index contributed by atoms with van der Waals surface area (Å²) in [5.41, 5.74) is 2.61. The summed E-state index contributed by atoms with van der Waals surface area (Å²) in [5.74, 6) is -1.10. The summed E-state index contributed by atoms with van der Waals surface area (Å²) >= 11 is 0. The molecule has 2 N–H and O–H groups in total. The van der Waals surface area contributed by atoms with Crippen LogP contribution in [0, 0.1) is 11.7 Å². The van der Waals surface area contributed by atoms with E-state index in [9.17, 15) is 14.0 Å². The standard InChI is InChI=1S/C25H23FN2O2/c26-22-12-6-4-10-18(22)20-16-21(20)25(30)28-23-13-7-5-11-19(23)24(29)27-15-14-17-8-2-1-3-9-17/h1-13,20-21H,14-16H2,(H,27,29)(H,28,30). The first kappa shape index (κ1) is 19.8. The summed E-state index contributed by atoms with van der Waals surface area (Å²) in [6.45, 7) is 0.503. The van der Waals surface area contributed by atoms with Crippen molar-refractivity contribution in [2.45, 2.75) is 18.8 Å². The van der Waals surface area contributed by atoms with Crippen molar-refractivity contribution in [2.24, 2.45) is 5.92 Å². The van der Waals surface area contributed by atoms with Gasteiger partial charge in [-0.3, -0.25) is 9.59 Å². The molecule has 2 unspecified atom stereocenters. The van der Waals surface area contributed by atoms with Gasteiger partial charge in [0.25, 0.3) is 5.91 Å². The molecule has 0 spiro atoms. The molecule has 0 bridgehead atoms. The fourth-order valence-electron chi connectivity index (χ4n) is 3.68. The van der Waals surface area contributed by atoms with Crippen LogP contribution in [0.4, 0.5) is 10.1 Å². The average Bonchev–Trinajstić information content (AvgIpc) is 3.56. The second-order valence-electron chi connectivity index (χ2n) is 7.50. The maximum absolute atomic E-state index is 14.0. The van der Waals surface area contributed by atoms with E-state index in [2.05, 4.69) is 10.6 Å². The molecule has 2 atom stereocenters. The lowest BCUT2D eigenvalue weighted by atomic mass is 10.1. The molecule has 1 fully saturated rings. The summed E-state index contributed by atoms with van der Waals surface area (Å²) in [6, 6.07) is 23.4. The lowest BCUT2D eigenvalue weighted by Gasteiger charge is -2.12. The molecule has 5 heteroatoms. The smallest absolute Gasteiger partial charge is 0.253 e. The fourth-order valence-corrected chi connectivity index (χ4v) is 3.68. The molecule has 152 valence electrons. The largest absolute Gasteiger partial charge is 0.352 e. The molecule has 1 saturated carbocycles. The number of halogens is 1. The van der Waals surface area contributed by atoms with Gasteiger partial charge in [0.05, 0.1) is 11.3 Å². The number of benzene rings is 3. The molecule has 3 aromatic rings. The molecule has 0 heterocycles. The maximum atomic E-state index is 14.0.